The van der Waals surface area contributed by atoms with Crippen molar-refractivity contribution in [2.75, 3.05) is 156 Å². The van der Waals surface area contributed by atoms with Crippen molar-refractivity contribution in [3.8, 4) is 46.0 Å². The summed E-state index contributed by atoms with van der Waals surface area (Å²) in [6.07, 6.45) is 10.4. The summed E-state index contributed by atoms with van der Waals surface area (Å²) in [7, 11) is 18.0. The van der Waals surface area contributed by atoms with E-state index in [1.54, 1.807) is 56.9 Å². The number of carbonyl (C=O) groups is 1. The number of nitrogens with zero attached hydrogens (tertiary/aromatic N) is 6. The first kappa shape index (κ1) is 120. The number of morpholine rings is 1. The van der Waals surface area contributed by atoms with Gasteiger partial charge in [-0.3, -0.25) is 29.3 Å². The molecule has 10 unspecified atom stereocenters. The Balaban J connectivity index is 0.000000246. The summed E-state index contributed by atoms with van der Waals surface area (Å²) in [5.74, 6) is 11.4. The van der Waals surface area contributed by atoms with Crippen LogP contribution in [0.25, 0.3) is 0 Å². The Morgan fingerprint density at radius 2 is 0.621 bits per heavy atom. The second-order valence-corrected chi connectivity index (χ2v) is 40.4. The van der Waals surface area contributed by atoms with E-state index < -0.39 is 0 Å². The lowest BCUT2D eigenvalue weighted by molar-refractivity contribution is -0.123. The molecule has 10 atom stereocenters. The molecule has 780 valence electrons. The van der Waals surface area contributed by atoms with E-state index in [1.165, 1.54) is 53.7 Å². The fourth-order valence-corrected chi connectivity index (χ4v) is 20.7. The highest BCUT2D eigenvalue weighted by Gasteiger charge is 2.39. The van der Waals surface area contributed by atoms with Crippen LogP contribution in [0, 0.1) is 47.3 Å². The highest BCUT2D eigenvalue weighted by atomic mass is 16.5. The molecular formula is C119H185N7O14. The number of rotatable bonds is 38. The predicted octanol–water partition coefficient (Wildman–Crippen LogP) is 24.8. The molecule has 5 aliphatic rings. The zero-order valence-corrected chi connectivity index (χ0v) is 91.3. The van der Waals surface area contributed by atoms with Gasteiger partial charge >= 0.3 is 0 Å². The summed E-state index contributed by atoms with van der Waals surface area (Å²) in [6, 6.07) is 67.7. The van der Waals surface area contributed by atoms with Crippen molar-refractivity contribution in [3.05, 3.63) is 239 Å². The van der Waals surface area contributed by atoms with Gasteiger partial charge in [0.2, 0.25) is 5.91 Å². The summed E-state index contributed by atoms with van der Waals surface area (Å²) < 4.78 is 61.0. The molecule has 5 saturated heterocycles. The van der Waals surface area contributed by atoms with Gasteiger partial charge in [-0.25, -0.2) is 0 Å². The Morgan fingerprint density at radius 3 is 0.921 bits per heavy atom. The topological polar surface area (TPSA) is 205 Å². The number of aliphatic hydroxyl groups excluding tert-OH is 2. The van der Waals surface area contributed by atoms with E-state index in [2.05, 4.69) is 253 Å². The van der Waals surface area contributed by atoms with E-state index in [4.69, 9.17) is 57.8 Å². The number of unbranched alkanes of at least 4 members (excludes halogenated alkanes) is 1. The van der Waals surface area contributed by atoms with Crippen molar-refractivity contribution in [1.82, 2.24) is 29.4 Å². The van der Waals surface area contributed by atoms with Crippen molar-refractivity contribution in [1.29, 1.82) is 0 Å². The average molecular weight is 1940 g/mol. The van der Waals surface area contributed by atoms with Gasteiger partial charge in [0.05, 0.1) is 101 Å². The molecule has 5 fully saturated rings. The van der Waals surface area contributed by atoms with Crippen LogP contribution in [0.1, 0.15) is 282 Å². The molecule has 0 aliphatic carbocycles. The number of methoxy groups -OCH3 is 8. The molecule has 1 amide bonds. The minimum Gasteiger partial charge on any atom is -0.496 e. The SMILES string of the molecule is CCCCOC(c1ccccc1OC)C(C)C.CCCOC(c1ccccc1OC)C(C)C.COc1ccccc1C(C(C)C)N(C)C.COc1ccccc1C(C(C)C)N1CCC(O)C1.COc1ccccc1C(C(C)C)N1CCC(O)CC1.COc1ccccc1C(C(C)C)N1CCCC1.COc1ccccc1C(C(C)C)N1CCCC1C(N)=O.COc1ccccc1C(C(C)C)N1CCOCC1. The molecule has 8 aromatic rings. The monoisotopic (exact) mass is 1940 g/mol. The maximum absolute atomic E-state index is 11.7. The van der Waals surface area contributed by atoms with Gasteiger partial charge in [0.1, 0.15) is 46.0 Å². The van der Waals surface area contributed by atoms with Crippen LogP contribution in [-0.4, -0.2) is 220 Å². The number of likely N-dealkylation sites (tertiary alicyclic amines) is 4. The number of ether oxygens (including phenoxy) is 11. The number of amides is 1. The van der Waals surface area contributed by atoms with Crippen LogP contribution in [-0.2, 0) is 19.0 Å². The minimum atomic E-state index is -0.219. The number of nitrogens with two attached hydrogens (primary N) is 1. The number of hydrogen-bond donors (Lipinski definition) is 3. The number of hydrogen-bond acceptors (Lipinski definition) is 20. The number of primary amides is 1. The first-order valence-corrected chi connectivity index (χ1v) is 52.2. The van der Waals surface area contributed by atoms with Crippen LogP contribution < -0.4 is 43.6 Å². The van der Waals surface area contributed by atoms with E-state index in [0.717, 1.165) is 186 Å². The van der Waals surface area contributed by atoms with Gasteiger partial charge in [-0.2, -0.15) is 0 Å². The molecular weight excluding hydrogens is 1750 g/mol. The van der Waals surface area contributed by atoms with Gasteiger partial charge in [0.25, 0.3) is 0 Å². The summed E-state index contributed by atoms with van der Waals surface area (Å²) in [6.45, 7) is 52.2. The lowest BCUT2D eigenvalue weighted by Gasteiger charge is -2.39. The third-order valence-electron chi connectivity index (χ3n) is 26.9. The Labute approximate surface area is 847 Å². The lowest BCUT2D eigenvalue weighted by Crippen LogP contribution is -2.43. The number of carbonyl (C=O) groups excluding carboxylic acids is 1. The van der Waals surface area contributed by atoms with Crippen LogP contribution in [0.5, 0.6) is 46.0 Å². The normalized spacial score (nSPS) is 17.7. The number of benzene rings is 8. The van der Waals surface area contributed by atoms with Gasteiger partial charge < -0.3 is 73.0 Å². The van der Waals surface area contributed by atoms with Crippen molar-refractivity contribution in [3.63, 3.8) is 0 Å². The van der Waals surface area contributed by atoms with Crippen molar-refractivity contribution < 1.29 is 67.1 Å². The molecule has 13 rings (SSSR count). The number of para-hydroxylation sites is 8. The zero-order valence-electron chi connectivity index (χ0n) is 91.3. The summed E-state index contributed by atoms with van der Waals surface area (Å²) in [5, 5.41) is 19.4. The average Bonchev–Trinajstić information content (AvgIpc) is 1.26. The molecule has 5 aliphatic heterocycles. The summed E-state index contributed by atoms with van der Waals surface area (Å²) in [4.78, 5) is 26.1. The molecule has 4 N–H and O–H groups in total. The van der Waals surface area contributed by atoms with Gasteiger partial charge in [0.15, 0.2) is 0 Å². The summed E-state index contributed by atoms with van der Waals surface area (Å²) in [5.41, 5.74) is 15.4. The van der Waals surface area contributed by atoms with E-state index in [1.807, 2.05) is 109 Å². The molecule has 21 heteroatoms. The number of piperidine rings is 1. The Kier molecular flexibility index (Phi) is 55.4. The third kappa shape index (κ3) is 36.8. The molecule has 0 spiro atoms. The van der Waals surface area contributed by atoms with Crippen LogP contribution in [0.4, 0.5) is 0 Å². The molecule has 5 heterocycles. The van der Waals surface area contributed by atoms with Crippen LogP contribution >= 0.6 is 0 Å². The van der Waals surface area contributed by atoms with Crippen LogP contribution in [0.15, 0.2) is 194 Å². The second-order valence-electron chi connectivity index (χ2n) is 40.4. The smallest absolute Gasteiger partial charge is 0.234 e. The third-order valence-corrected chi connectivity index (χ3v) is 26.9. The van der Waals surface area contributed by atoms with E-state index in [-0.39, 0.29) is 42.4 Å². The highest BCUT2D eigenvalue weighted by molar-refractivity contribution is 5.80. The van der Waals surface area contributed by atoms with E-state index in [9.17, 15) is 15.0 Å². The van der Waals surface area contributed by atoms with Crippen molar-refractivity contribution >= 4 is 5.91 Å². The first-order chi connectivity index (χ1) is 67.3. The molecule has 21 nitrogen and oxygen atoms in total. The predicted molar refractivity (Wildman–Crippen MR) is 577 cm³/mol. The maximum atomic E-state index is 11.7. The summed E-state index contributed by atoms with van der Waals surface area (Å²) >= 11 is 0. The standard InChI is InChI=1S/C16H24N2O2.C16H25NO2.2C15H23NO2.C15H23NO.C15H24O2.C14H22O2.C13H21NO/c1-11(2)15(12-7-4-5-9-14(12)20-3)18-10-6-8-13(18)16(17)19;1-12(2)16(17-10-8-13(18)9-11-17)14-6-4-5-7-15(14)19-3;1-12(2)15(16-8-10-18-11-9-16)13-6-4-5-7-14(13)17-3;1-11(2)15(16-9-8-12(17)10-16)13-6-4-5-7-14(13)18-3;1-12(2)15(16-10-6-7-11-16)13-8-4-5-9-14(13)17-3;1-5-6-11-17-15(12(2)3)13-9-7-8-10-14(13)16-4;1-5-10-16-14(11(2)3)12-8-6-7-9-13(12)15-4;1-10(2)13(14(3)4)11-8-6-7-9-12(11)15-5/h4-5,7,9,11,13,15H,6,8,10H2,1-3H3,(H2,17,19);4-7,12-13,16,18H,8-11H2,1-3H3;4-7,12,15H,8-11H2,1-3H3;4-7,11-12,15,17H,8-10H2,1-3H3;4-5,8-9,12,15H,6-7,10-11H2,1-3H3;7-10,12,15H,5-6,11H2,1-4H3;6-9,11,14H,5,10H2,1-4H3;6-10,13H,1-5H3. The van der Waals surface area contributed by atoms with Crippen molar-refractivity contribution in [2.45, 2.75) is 256 Å². The molecule has 0 bridgehead atoms. The second kappa shape index (κ2) is 64.7. The highest BCUT2D eigenvalue weighted by Crippen LogP contribution is 2.44. The molecule has 0 aromatic heterocycles. The van der Waals surface area contributed by atoms with Crippen molar-refractivity contribution in [2.24, 2.45) is 53.1 Å². The Bertz CT molecular complexity index is 4590. The van der Waals surface area contributed by atoms with Gasteiger partial charge in [-0.1, -0.05) is 277 Å². The van der Waals surface area contributed by atoms with Crippen LogP contribution in [0.3, 0.4) is 0 Å². The minimum absolute atomic E-state index is 0.121. The molecule has 0 saturated carbocycles. The molecule has 8 aromatic carbocycles. The molecule has 0 radical (unpaired) electrons. The first-order valence-electron chi connectivity index (χ1n) is 52.2. The lowest BCUT2D eigenvalue weighted by atomic mass is 9.91. The van der Waals surface area contributed by atoms with Gasteiger partial charge in [0, 0.05) is 133 Å². The fraction of sp³-hybridized carbons (Fsp3) is 0.588. The molecule has 140 heavy (non-hydrogen) atoms. The zero-order chi connectivity index (χ0) is 103. The van der Waals surface area contributed by atoms with E-state index in [0.29, 0.717) is 77.6 Å². The largest absolute Gasteiger partial charge is 0.496 e. The Morgan fingerprint density at radius 1 is 0.336 bits per heavy atom. The Hall–Kier alpha value is -8.81. The number of aliphatic hydroxyl groups is 2. The van der Waals surface area contributed by atoms with E-state index >= 15 is 0 Å². The number of β-amino-alcohol motifs (C(OH)–C–C–N with tert-alkyl or cyclic N) is 1. The van der Waals surface area contributed by atoms with Gasteiger partial charge in [-0.05, 0) is 187 Å². The van der Waals surface area contributed by atoms with Crippen LogP contribution in [0.2, 0.25) is 0 Å². The fourth-order valence-electron chi connectivity index (χ4n) is 20.7. The quantitative estimate of drug-likeness (QED) is 0.0308. The maximum Gasteiger partial charge on any atom is 0.234 e. The van der Waals surface area contributed by atoms with Gasteiger partial charge in [-0.15, -0.1) is 0 Å².